The van der Waals surface area contributed by atoms with Gasteiger partial charge in [-0.05, 0) is 24.3 Å². The van der Waals surface area contributed by atoms with Crippen molar-refractivity contribution in [1.29, 1.82) is 0 Å². The second kappa shape index (κ2) is 6.68. The Balaban J connectivity index is 2.28. The van der Waals surface area contributed by atoms with Gasteiger partial charge in [-0.25, -0.2) is 4.98 Å². The van der Waals surface area contributed by atoms with Crippen LogP contribution in [-0.2, 0) is 9.53 Å². The molecule has 5 nitrogen and oxygen atoms in total. The molecule has 1 aromatic heterocycles. The molecular formula is C15H17N3O2. The van der Waals surface area contributed by atoms with Gasteiger partial charge < -0.3 is 15.4 Å². The Morgan fingerprint density at radius 3 is 2.55 bits per heavy atom. The van der Waals surface area contributed by atoms with Gasteiger partial charge in [-0.15, -0.1) is 0 Å². The van der Waals surface area contributed by atoms with Gasteiger partial charge in [0.2, 0.25) is 0 Å². The van der Waals surface area contributed by atoms with E-state index in [2.05, 4.69) is 9.72 Å². The van der Waals surface area contributed by atoms with Crippen LogP contribution in [0.1, 0.15) is 0 Å². The first kappa shape index (κ1) is 14.0. The topological polar surface area (TPSA) is 68.5 Å². The van der Waals surface area contributed by atoms with E-state index in [-0.39, 0.29) is 0 Å². The molecule has 2 rings (SSSR count). The molecule has 5 heteroatoms. The number of ether oxygens (including phenoxy) is 1. The van der Waals surface area contributed by atoms with Gasteiger partial charge in [0.05, 0.1) is 13.7 Å². The highest BCUT2D eigenvalue weighted by atomic mass is 16.5. The molecule has 0 spiro atoms. The lowest BCUT2D eigenvalue weighted by Crippen LogP contribution is -2.42. The van der Waals surface area contributed by atoms with Crippen LogP contribution in [0.15, 0.2) is 54.7 Å². The number of rotatable bonds is 5. The summed E-state index contributed by atoms with van der Waals surface area (Å²) in [5.74, 6) is 0.292. The Morgan fingerprint density at radius 2 is 1.95 bits per heavy atom. The number of nitrogens with zero attached hydrogens (tertiary/aromatic N) is 2. The molecule has 0 saturated heterocycles. The molecule has 0 saturated carbocycles. The van der Waals surface area contributed by atoms with Crippen molar-refractivity contribution in [2.24, 2.45) is 5.73 Å². The summed E-state index contributed by atoms with van der Waals surface area (Å²) >= 11 is 0. The normalized spacial score (nSPS) is 11.7. The fourth-order valence-corrected chi connectivity index (χ4v) is 1.88. The molecule has 0 aliphatic carbocycles. The summed E-state index contributed by atoms with van der Waals surface area (Å²) in [7, 11) is 1.33. The first-order chi connectivity index (χ1) is 9.72. The number of carbonyl (C=O) groups is 1. The molecule has 2 aromatic rings. The summed E-state index contributed by atoms with van der Waals surface area (Å²) in [4.78, 5) is 17.7. The van der Waals surface area contributed by atoms with Crippen molar-refractivity contribution in [3.63, 3.8) is 0 Å². The third kappa shape index (κ3) is 3.33. The first-order valence-corrected chi connectivity index (χ1v) is 6.29. The van der Waals surface area contributed by atoms with Gasteiger partial charge in [-0.1, -0.05) is 24.3 Å². The zero-order valence-corrected chi connectivity index (χ0v) is 11.3. The number of pyridine rings is 1. The van der Waals surface area contributed by atoms with Crippen LogP contribution in [0.3, 0.4) is 0 Å². The molecule has 0 aliphatic heterocycles. The number of esters is 1. The molecule has 1 unspecified atom stereocenters. The van der Waals surface area contributed by atoms with E-state index in [9.17, 15) is 4.79 Å². The van der Waals surface area contributed by atoms with Gasteiger partial charge in [-0.2, -0.15) is 0 Å². The summed E-state index contributed by atoms with van der Waals surface area (Å²) in [6.07, 6.45) is 1.70. The van der Waals surface area contributed by atoms with Crippen molar-refractivity contribution in [2.75, 3.05) is 18.6 Å². The summed E-state index contributed by atoms with van der Waals surface area (Å²) in [6.45, 7) is 0.299. The van der Waals surface area contributed by atoms with Crippen molar-refractivity contribution in [3.8, 4) is 0 Å². The highest BCUT2D eigenvalue weighted by molar-refractivity contribution is 5.77. The number of para-hydroxylation sites is 1. The van der Waals surface area contributed by atoms with Crippen molar-refractivity contribution in [1.82, 2.24) is 4.98 Å². The molecule has 20 heavy (non-hydrogen) atoms. The van der Waals surface area contributed by atoms with Crippen LogP contribution in [0.25, 0.3) is 0 Å². The average Bonchev–Trinajstić information content (AvgIpc) is 2.53. The minimum absolute atomic E-state index is 0.299. The van der Waals surface area contributed by atoms with E-state index >= 15 is 0 Å². The van der Waals surface area contributed by atoms with Gasteiger partial charge in [-0.3, -0.25) is 4.79 Å². The van der Waals surface area contributed by atoms with E-state index in [0.717, 1.165) is 11.5 Å². The van der Waals surface area contributed by atoms with Crippen LogP contribution in [0.4, 0.5) is 11.5 Å². The van der Waals surface area contributed by atoms with Crippen LogP contribution in [0.5, 0.6) is 0 Å². The van der Waals surface area contributed by atoms with Crippen molar-refractivity contribution in [3.05, 3.63) is 54.7 Å². The fraction of sp³-hybridized carbons (Fsp3) is 0.200. The average molecular weight is 271 g/mol. The molecule has 0 fully saturated rings. The maximum atomic E-state index is 11.5. The molecule has 0 aliphatic rings. The maximum Gasteiger partial charge on any atom is 0.324 e. The van der Waals surface area contributed by atoms with Gasteiger partial charge >= 0.3 is 5.97 Å². The monoisotopic (exact) mass is 271 g/mol. The highest BCUT2D eigenvalue weighted by Gasteiger charge is 2.20. The Morgan fingerprint density at radius 1 is 1.25 bits per heavy atom. The van der Waals surface area contributed by atoms with E-state index in [1.807, 2.05) is 53.4 Å². The molecule has 104 valence electrons. The number of hydrogen-bond donors (Lipinski definition) is 1. The first-order valence-electron chi connectivity index (χ1n) is 6.29. The quantitative estimate of drug-likeness (QED) is 0.839. The third-order valence-corrected chi connectivity index (χ3v) is 2.88. The predicted octanol–water partition coefficient (Wildman–Crippen LogP) is 1.72. The van der Waals surface area contributed by atoms with E-state index in [1.54, 1.807) is 6.20 Å². The second-order valence-corrected chi connectivity index (χ2v) is 4.26. The molecule has 0 amide bonds. The van der Waals surface area contributed by atoms with Gasteiger partial charge in [0.15, 0.2) is 0 Å². The molecule has 1 aromatic carbocycles. The molecule has 1 atom stereocenters. The standard InChI is InChI=1S/C15H17N3O2/c1-20-15(19)13(16)11-18(12-7-3-2-4-8-12)14-9-5-6-10-17-14/h2-10,13H,11,16H2,1H3. The number of methoxy groups -OCH3 is 1. The van der Waals surface area contributed by atoms with Crippen LogP contribution < -0.4 is 10.6 Å². The number of anilines is 2. The van der Waals surface area contributed by atoms with E-state index in [1.165, 1.54) is 7.11 Å². The number of hydrogen-bond acceptors (Lipinski definition) is 5. The Kier molecular flexibility index (Phi) is 4.68. The van der Waals surface area contributed by atoms with Crippen molar-refractivity contribution < 1.29 is 9.53 Å². The SMILES string of the molecule is COC(=O)C(N)CN(c1ccccc1)c1ccccn1. The Hall–Kier alpha value is -2.40. The number of carbonyl (C=O) groups excluding carboxylic acids is 1. The summed E-state index contributed by atoms with van der Waals surface area (Å²) in [6, 6.07) is 14.5. The molecule has 1 heterocycles. The van der Waals surface area contributed by atoms with E-state index in [0.29, 0.717) is 6.54 Å². The Bertz CT molecular complexity index is 506. The number of aromatic nitrogens is 1. The van der Waals surface area contributed by atoms with Crippen LogP contribution in [0.2, 0.25) is 0 Å². The van der Waals surface area contributed by atoms with E-state index in [4.69, 9.17) is 5.73 Å². The van der Waals surface area contributed by atoms with Gasteiger partial charge in [0, 0.05) is 11.9 Å². The smallest absolute Gasteiger partial charge is 0.324 e. The van der Waals surface area contributed by atoms with Crippen LogP contribution in [-0.4, -0.2) is 30.6 Å². The van der Waals surface area contributed by atoms with E-state index < -0.39 is 12.0 Å². The number of nitrogens with two attached hydrogens (primary N) is 1. The minimum Gasteiger partial charge on any atom is -0.468 e. The molecular weight excluding hydrogens is 254 g/mol. The van der Waals surface area contributed by atoms with Crippen LogP contribution >= 0.6 is 0 Å². The Labute approximate surface area is 118 Å². The number of benzene rings is 1. The molecule has 0 bridgehead atoms. The summed E-state index contributed by atoms with van der Waals surface area (Å²) in [5, 5.41) is 0. The zero-order chi connectivity index (χ0) is 14.4. The third-order valence-electron chi connectivity index (χ3n) is 2.88. The minimum atomic E-state index is -0.734. The van der Waals surface area contributed by atoms with Gasteiger partial charge in [0.1, 0.15) is 11.9 Å². The molecule has 0 radical (unpaired) electrons. The molecule has 2 N–H and O–H groups in total. The van der Waals surface area contributed by atoms with Gasteiger partial charge in [0.25, 0.3) is 0 Å². The highest BCUT2D eigenvalue weighted by Crippen LogP contribution is 2.22. The fourth-order valence-electron chi connectivity index (χ4n) is 1.88. The lowest BCUT2D eigenvalue weighted by molar-refractivity contribution is -0.141. The summed E-state index contributed by atoms with van der Waals surface area (Å²) < 4.78 is 4.67. The predicted molar refractivity (Wildman–Crippen MR) is 77.7 cm³/mol. The lowest BCUT2D eigenvalue weighted by atomic mass is 10.2. The largest absolute Gasteiger partial charge is 0.468 e. The lowest BCUT2D eigenvalue weighted by Gasteiger charge is -2.25. The van der Waals surface area contributed by atoms with Crippen molar-refractivity contribution >= 4 is 17.5 Å². The summed E-state index contributed by atoms with van der Waals surface area (Å²) in [5.41, 5.74) is 6.78. The maximum absolute atomic E-state index is 11.5. The van der Waals surface area contributed by atoms with Crippen LogP contribution in [0, 0.1) is 0 Å². The second-order valence-electron chi connectivity index (χ2n) is 4.26. The van der Waals surface area contributed by atoms with Crippen molar-refractivity contribution in [2.45, 2.75) is 6.04 Å². The zero-order valence-electron chi connectivity index (χ0n) is 11.3.